The lowest BCUT2D eigenvalue weighted by atomic mass is 9.89. The molecule has 0 saturated carbocycles. The fraction of sp³-hybridized carbons (Fsp3) is 0.444. The van der Waals surface area contributed by atoms with Crippen molar-refractivity contribution in [2.75, 3.05) is 25.5 Å². The minimum absolute atomic E-state index is 0.0715. The Balaban J connectivity index is 1.53. The smallest absolute Gasteiger partial charge is 0.254 e. The summed E-state index contributed by atoms with van der Waals surface area (Å²) in [6.07, 6.45) is 4.21. The summed E-state index contributed by atoms with van der Waals surface area (Å²) in [5.41, 5.74) is 1.41. The average Bonchev–Trinajstić information content (AvgIpc) is 3.01. The molecule has 3 rings (SSSR count). The second-order valence-electron chi connectivity index (χ2n) is 6.18. The summed E-state index contributed by atoms with van der Waals surface area (Å²) in [5.74, 6) is 1.61. The number of hydrogen-bond acceptors (Lipinski definition) is 4. The number of anilines is 1. The van der Waals surface area contributed by atoms with Gasteiger partial charge in [0.2, 0.25) is 5.91 Å². The van der Waals surface area contributed by atoms with Crippen molar-refractivity contribution in [3.05, 3.63) is 40.9 Å². The van der Waals surface area contributed by atoms with Crippen LogP contribution in [0, 0.1) is 0 Å². The molecule has 1 saturated heterocycles. The van der Waals surface area contributed by atoms with Gasteiger partial charge in [0.1, 0.15) is 0 Å². The summed E-state index contributed by atoms with van der Waals surface area (Å²) in [6.45, 7) is 4.60. The van der Waals surface area contributed by atoms with E-state index in [1.54, 1.807) is 11.3 Å². The zero-order valence-corrected chi connectivity index (χ0v) is 15.0. The number of aromatic hydroxyl groups is 1. The highest BCUT2D eigenvalue weighted by Crippen LogP contribution is 2.31. The van der Waals surface area contributed by atoms with Crippen LogP contribution < -0.4 is 5.32 Å². The van der Waals surface area contributed by atoms with Crippen molar-refractivity contribution in [1.29, 1.82) is 0 Å². The van der Waals surface area contributed by atoms with E-state index < -0.39 is 0 Å². The predicted octanol–water partition coefficient (Wildman–Crippen LogP) is 3.35. The molecule has 2 aromatic rings. The summed E-state index contributed by atoms with van der Waals surface area (Å²) < 4.78 is 4.27. The number of aliphatic hydroxyl groups is 1. The van der Waals surface area contributed by atoms with Gasteiger partial charge in [-0.25, -0.2) is 4.98 Å². The minimum atomic E-state index is -0.0715. The maximum absolute atomic E-state index is 11.1. The monoisotopic (exact) mass is 346 g/mol. The molecule has 1 aromatic carbocycles. The number of piperidine rings is 1. The Hall–Kier alpha value is -1.92. The minimum Gasteiger partial charge on any atom is -0.585 e. The van der Waals surface area contributed by atoms with E-state index in [0.717, 1.165) is 25.4 Å². The summed E-state index contributed by atoms with van der Waals surface area (Å²) in [5, 5.41) is 3.43. The number of benzene rings is 1. The third-order valence-electron chi connectivity index (χ3n) is 4.40. The number of carbonyl (C=O) groups excluding carboxylic acids is 1. The molecule has 0 atom stereocenters. The fourth-order valence-electron chi connectivity index (χ4n) is 3.15. The first-order chi connectivity index (χ1) is 11.6. The van der Waals surface area contributed by atoms with Gasteiger partial charge in [0.25, 0.3) is 5.75 Å². The Morgan fingerprint density at radius 3 is 2.92 bits per heavy atom. The van der Waals surface area contributed by atoms with Crippen molar-refractivity contribution >= 4 is 22.4 Å². The summed E-state index contributed by atoms with van der Waals surface area (Å²) >= 11 is 1.56. The Labute approximate surface area is 146 Å². The van der Waals surface area contributed by atoms with Crippen molar-refractivity contribution in [3.63, 3.8) is 0 Å². The topological polar surface area (TPSA) is 58.0 Å². The SMILES string of the molecule is C[OH+]c1cccc(C2CCN(Cc3cnc(NC(C)=O)s3)CC2)c1. The van der Waals surface area contributed by atoms with Crippen LogP contribution in [-0.2, 0) is 11.3 Å². The molecule has 0 radical (unpaired) electrons. The lowest BCUT2D eigenvalue weighted by Gasteiger charge is -2.31. The molecule has 2 N–H and O–H groups in total. The number of amides is 1. The summed E-state index contributed by atoms with van der Waals surface area (Å²) in [4.78, 5) is 19.0. The molecule has 1 aliphatic heterocycles. The van der Waals surface area contributed by atoms with Crippen LogP contribution in [0.15, 0.2) is 30.5 Å². The standard InChI is InChI=1S/C18H23N3O2S/c1-13(22)20-18-19-11-17(24-18)12-21-8-6-14(7-9-21)15-4-3-5-16(10-15)23-2/h3-5,10-11,14H,6-9,12H2,1-2H3,(H,19,20,22)/p+1. The van der Waals surface area contributed by atoms with E-state index in [0.29, 0.717) is 11.0 Å². The van der Waals surface area contributed by atoms with Crippen molar-refractivity contribution < 1.29 is 9.53 Å². The number of hydrogen-bond donors (Lipinski definition) is 1. The summed E-state index contributed by atoms with van der Waals surface area (Å²) in [7, 11) is 1.84. The van der Waals surface area contributed by atoms with Gasteiger partial charge in [-0.05, 0) is 37.4 Å². The number of thiazole rings is 1. The van der Waals surface area contributed by atoms with Gasteiger partial charge < -0.3 is 10.1 Å². The molecule has 1 amide bonds. The quantitative estimate of drug-likeness (QED) is 0.845. The van der Waals surface area contributed by atoms with E-state index in [-0.39, 0.29) is 5.91 Å². The molecular weight excluding hydrogens is 322 g/mol. The van der Waals surface area contributed by atoms with E-state index >= 15 is 0 Å². The Bertz CT molecular complexity index is 693. The first-order valence-electron chi connectivity index (χ1n) is 8.28. The number of aromatic nitrogens is 1. The second-order valence-corrected chi connectivity index (χ2v) is 7.30. The molecule has 0 bridgehead atoms. The molecule has 5 nitrogen and oxygen atoms in total. The first kappa shape index (κ1) is 16.9. The van der Waals surface area contributed by atoms with Crippen LogP contribution >= 0.6 is 11.3 Å². The second kappa shape index (κ2) is 7.77. The number of nitrogens with one attached hydrogen (secondary N) is 1. The van der Waals surface area contributed by atoms with Crippen LogP contribution in [0.5, 0.6) is 5.75 Å². The van der Waals surface area contributed by atoms with Gasteiger partial charge in [-0.2, -0.15) is 0 Å². The van der Waals surface area contributed by atoms with E-state index in [1.807, 2.05) is 13.3 Å². The molecule has 1 aliphatic rings. The molecule has 6 heteroatoms. The Morgan fingerprint density at radius 2 is 2.21 bits per heavy atom. The van der Waals surface area contributed by atoms with Crippen molar-refractivity contribution in [3.8, 4) is 5.75 Å². The van der Waals surface area contributed by atoms with Gasteiger partial charge in [-0.3, -0.25) is 9.69 Å². The maximum atomic E-state index is 11.1. The van der Waals surface area contributed by atoms with Crippen molar-refractivity contribution in [1.82, 2.24) is 9.88 Å². The third kappa shape index (κ3) is 4.33. The first-order valence-corrected chi connectivity index (χ1v) is 9.10. The van der Waals surface area contributed by atoms with E-state index in [1.165, 1.54) is 30.2 Å². The average molecular weight is 346 g/mol. The molecule has 128 valence electrons. The highest BCUT2D eigenvalue weighted by atomic mass is 32.1. The molecule has 2 heterocycles. The van der Waals surface area contributed by atoms with Crippen LogP contribution in [0.3, 0.4) is 0 Å². The van der Waals surface area contributed by atoms with Gasteiger partial charge in [0, 0.05) is 36.7 Å². The molecule has 1 fully saturated rings. The molecule has 0 unspecified atom stereocenters. The van der Waals surface area contributed by atoms with E-state index in [4.69, 9.17) is 0 Å². The number of ether oxygens (including phenoxy) is 1. The molecular formula is C18H24N3O2S+. The zero-order chi connectivity index (χ0) is 16.9. The lowest BCUT2D eigenvalue weighted by molar-refractivity contribution is -0.114. The van der Waals surface area contributed by atoms with E-state index in [2.05, 4.69) is 44.2 Å². The van der Waals surface area contributed by atoms with Crippen LogP contribution in [0.4, 0.5) is 5.13 Å². The maximum Gasteiger partial charge on any atom is 0.254 e. The normalized spacial score (nSPS) is 16.1. The number of likely N-dealkylation sites (tertiary alicyclic amines) is 1. The van der Waals surface area contributed by atoms with Gasteiger partial charge in [0.05, 0.1) is 0 Å². The number of rotatable bonds is 5. The van der Waals surface area contributed by atoms with Crippen LogP contribution in [-0.4, -0.2) is 40.7 Å². The van der Waals surface area contributed by atoms with Crippen LogP contribution in [0.2, 0.25) is 0 Å². The van der Waals surface area contributed by atoms with Gasteiger partial charge in [-0.15, -0.1) is 11.3 Å². The van der Waals surface area contributed by atoms with E-state index in [9.17, 15) is 4.79 Å². The third-order valence-corrected chi connectivity index (χ3v) is 5.30. The van der Waals surface area contributed by atoms with Crippen molar-refractivity contribution in [2.45, 2.75) is 32.2 Å². The molecule has 0 aliphatic carbocycles. The predicted molar refractivity (Wildman–Crippen MR) is 97.7 cm³/mol. The Morgan fingerprint density at radius 1 is 1.42 bits per heavy atom. The fourth-order valence-corrected chi connectivity index (χ4v) is 4.05. The molecule has 24 heavy (non-hydrogen) atoms. The van der Waals surface area contributed by atoms with Gasteiger partial charge in [-0.1, -0.05) is 12.1 Å². The summed E-state index contributed by atoms with van der Waals surface area (Å²) in [6, 6.07) is 8.58. The number of carbonyl (C=O) groups is 1. The lowest BCUT2D eigenvalue weighted by Crippen LogP contribution is -2.32. The van der Waals surface area contributed by atoms with Crippen LogP contribution in [0.25, 0.3) is 0 Å². The zero-order valence-electron chi connectivity index (χ0n) is 14.2. The molecule has 0 spiro atoms. The van der Waals surface area contributed by atoms with Crippen molar-refractivity contribution in [2.24, 2.45) is 0 Å². The highest BCUT2D eigenvalue weighted by Gasteiger charge is 2.22. The Kier molecular flexibility index (Phi) is 5.48. The van der Waals surface area contributed by atoms with Gasteiger partial charge >= 0.3 is 0 Å². The molecule has 1 aromatic heterocycles. The number of nitrogens with zero attached hydrogens (tertiary/aromatic N) is 2. The highest BCUT2D eigenvalue weighted by molar-refractivity contribution is 7.15. The largest absolute Gasteiger partial charge is 0.585 e. The van der Waals surface area contributed by atoms with Crippen LogP contribution in [0.1, 0.15) is 36.1 Å². The van der Waals surface area contributed by atoms with Gasteiger partial charge in [0.15, 0.2) is 12.2 Å².